The quantitative estimate of drug-likeness (QED) is 0.251. The highest BCUT2D eigenvalue weighted by Gasteiger charge is 2.22. The number of benzene rings is 1. The zero-order valence-electron chi connectivity index (χ0n) is 20.5. The molecule has 198 valence electrons. The summed E-state index contributed by atoms with van der Waals surface area (Å²) in [6, 6.07) is 13.3. The number of rotatable bonds is 9. The molecule has 11 heteroatoms. The summed E-state index contributed by atoms with van der Waals surface area (Å²) in [5, 5.41) is 3.82. The SMILES string of the molecule is NC(=O)CC[C@@H](NC(=O)c1cccn(Cc2ccc(F)c(F)c2)c1=O)c1ccc(-c2c[nH]c3ncccc23)s1. The number of nitrogens with one attached hydrogen (secondary N) is 2. The van der Waals surface area contributed by atoms with Crippen molar-refractivity contribution in [2.75, 3.05) is 0 Å². The Morgan fingerprint density at radius 2 is 1.95 bits per heavy atom. The van der Waals surface area contributed by atoms with Crippen LogP contribution in [0.3, 0.4) is 0 Å². The van der Waals surface area contributed by atoms with Gasteiger partial charge in [-0.05, 0) is 60.5 Å². The fourth-order valence-electron chi connectivity index (χ4n) is 4.32. The number of fused-ring (bicyclic) bond motifs is 1. The number of nitrogens with zero attached hydrogens (tertiary/aromatic N) is 2. The number of carbonyl (C=O) groups excluding carboxylic acids is 2. The van der Waals surface area contributed by atoms with E-state index in [9.17, 15) is 23.2 Å². The number of pyridine rings is 2. The van der Waals surface area contributed by atoms with Crippen molar-refractivity contribution in [3.05, 3.63) is 111 Å². The molecule has 4 N–H and O–H groups in total. The van der Waals surface area contributed by atoms with Gasteiger partial charge < -0.3 is 20.6 Å². The van der Waals surface area contributed by atoms with Crippen molar-refractivity contribution in [2.24, 2.45) is 5.73 Å². The van der Waals surface area contributed by atoms with Crippen molar-refractivity contribution in [3.63, 3.8) is 0 Å². The Hall–Kier alpha value is -4.64. The second kappa shape index (κ2) is 11.0. The molecule has 0 unspecified atom stereocenters. The third kappa shape index (κ3) is 5.63. The predicted molar refractivity (Wildman–Crippen MR) is 144 cm³/mol. The van der Waals surface area contributed by atoms with Gasteiger partial charge in [0.25, 0.3) is 11.5 Å². The number of amides is 2. The molecule has 0 aliphatic rings. The van der Waals surface area contributed by atoms with E-state index in [1.807, 2.05) is 30.5 Å². The number of H-pyrrole nitrogens is 1. The van der Waals surface area contributed by atoms with Gasteiger partial charge >= 0.3 is 0 Å². The van der Waals surface area contributed by atoms with Gasteiger partial charge in [0.15, 0.2) is 11.6 Å². The first-order valence-corrected chi connectivity index (χ1v) is 12.9. The highest BCUT2D eigenvalue weighted by atomic mass is 32.1. The highest BCUT2D eigenvalue weighted by Crippen LogP contribution is 2.36. The summed E-state index contributed by atoms with van der Waals surface area (Å²) in [4.78, 5) is 47.1. The lowest BCUT2D eigenvalue weighted by atomic mass is 10.1. The number of primary amides is 1. The van der Waals surface area contributed by atoms with Gasteiger partial charge in [-0.25, -0.2) is 13.8 Å². The van der Waals surface area contributed by atoms with E-state index in [0.29, 0.717) is 5.56 Å². The van der Waals surface area contributed by atoms with Crippen LogP contribution >= 0.6 is 11.3 Å². The zero-order chi connectivity index (χ0) is 27.5. The third-order valence-corrected chi connectivity index (χ3v) is 7.51. The maximum atomic E-state index is 13.6. The van der Waals surface area contributed by atoms with E-state index in [2.05, 4.69) is 15.3 Å². The Labute approximate surface area is 225 Å². The van der Waals surface area contributed by atoms with Crippen molar-refractivity contribution < 1.29 is 18.4 Å². The number of carbonyl (C=O) groups is 2. The topological polar surface area (TPSA) is 123 Å². The molecule has 0 aliphatic heterocycles. The van der Waals surface area contributed by atoms with Gasteiger partial charge in [-0.15, -0.1) is 11.3 Å². The summed E-state index contributed by atoms with van der Waals surface area (Å²) in [7, 11) is 0. The summed E-state index contributed by atoms with van der Waals surface area (Å²) in [6.07, 6.45) is 5.31. The number of nitrogens with two attached hydrogens (primary N) is 1. The van der Waals surface area contributed by atoms with Crippen LogP contribution in [0.4, 0.5) is 8.78 Å². The van der Waals surface area contributed by atoms with E-state index in [1.54, 1.807) is 6.20 Å². The normalized spacial score (nSPS) is 11.9. The molecule has 4 aromatic heterocycles. The second-order valence-electron chi connectivity index (χ2n) is 8.94. The molecule has 5 rings (SSSR count). The first-order valence-electron chi connectivity index (χ1n) is 12.0. The number of halogens is 2. The van der Waals surface area contributed by atoms with E-state index >= 15 is 0 Å². The average molecular weight is 548 g/mol. The second-order valence-corrected chi connectivity index (χ2v) is 10.1. The Balaban J connectivity index is 1.40. The summed E-state index contributed by atoms with van der Waals surface area (Å²) in [6.45, 7) is -0.0456. The first kappa shape index (κ1) is 26.0. The summed E-state index contributed by atoms with van der Waals surface area (Å²) in [5.74, 6) is -3.15. The molecule has 2 amide bonds. The van der Waals surface area contributed by atoms with Crippen LogP contribution in [0.1, 0.15) is 39.7 Å². The Kier molecular flexibility index (Phi) is 7.33. The summed E-state index contributed by atoms with van der Waals surface area (Å²) < 4.78 is 28.2. The molecule has 4 heterocycles. The van der Waals surface area contributed by atoms with Crippen molar-refractivity contribution in [1.29, 1.82) is 0 Å². The van der Waals surface area contributed by atoms with Crippen molar-refractivity contribution in [3.8, 4) is 10.4 Å². The molecule has 1 atom stereocenters. The fourth-order valence-corrected chi connectivity index (χ4v) is 5.45. The highest BCUT2D eigenvalue weighted by molar-refractivity contribution is 7.15. The van der Waals surface area contributed by atoms with Crippen LogP contribution in [0.15, 0.2) is 78.0 Å². The van der Waals surface area contributed by atoms with E-state index < -0.39 is 35.0 Å². The third-order valence-electron chi connectivity index (χ3n) is 6.27. The number of hydrogen-bond acceptors (Lipinski definition) is 5. The van der Waals surface area contributed by atoms with Gasteiger partial charge in [-0.2, -0.15) is 0 Å². The number of thiophene rings is 1. The number of hydrogen-bond donors (Lipinski definition) is 3. The minimum Gasteiger partial charge on any atom is -0.370 e. The van der Waals surface area contributed by atoms with Crippen LogP contribution in [0.25, 0.3) is 21.5 Å². The fraction of sp³-hybridized carbons (Fsp3) is 0.143. The van der Waals surface area contributed by atoms with E-state index in [0.717, 1.165) is 38.5 Å². The van der Waals surface area contributed by atoms with Gasteiger partial charge in [0, 0.05) is 45.7 Å². The van der Waals surface area contributed by atoms with E-state index in [-0.39, 0.29) is 24.9 Å². The molecule has 1 aromatic carbocycles. The molecule has 0 saturated carbocycles. The molecule has 0 fully saturated rings. The van der Waals surface area contributed by atoms with Gasteiger partial charge in [-0.1, -0.05) is 6.07 Å². The van der Waals surface area contributed by atoms with Gasteiger partial charge in [0.05, 0.1) is 12.6 Å². The molecule has 0 radical (unpaired) electrons. The number of aromatic amines is 1. The van der Waals surface area contributed by atoms with Crippen molar-refractivity contribution in [1.82, 2.24) is 19.9 Å². The Morgan fingerprint density at radius 3 is 2.74 bits per heavy atom. The zero-order valence-corrected chi connectivity index (χ0v) is 21.3. The molecule has 39 heavy (non-hydrogen) atoms. The first-order chi connectivity index (χ1) is 18.8. The predicted octanol–water partition coefficient (Wildman–Crippen LogP) is 4.52. The smallest absolute Gasteiger partial charge is 0.263 e. The van der Waals surface area contributed by atoms with Crippen LogP contribution in [0, 0.1) is 11.6 Å². The Morgan fingerprint density at radius 1 is 1.10 bits per heavy atom. The minimum absolute atomic E-state index is 0.0321. The maximum absolute atomic E-state index is 13.6. The van der Waals surface area contributed by atoms with Crippen LogP contribution in [-0.4, -0.2) is 26.3 Å². The lowest BCUT2D eigenvalue weighted by Gasteiger charge is -2.17. The molecule has 8 nitrogen and oxygen atoms in total. The molecular weight excluding hydrogens is 524 g/mol. The van der Waals surface area contributed by atoms with Gasteiger partial charge in [0.1, 0.15) is 11.2 Å². The molecular formula is C28H23F2N5O3S. The minimum atomic E-state index is -1.02. The van der Waals surface area contributed by atoms with Gasteiger partial charge in [-0.3, -0.25) is 14.4 Å². The lowest BCUT2D eigenvalue weighted by Crippen LogP contribution is -2.35. The maximum Gasteiger partial charge on any atom is 0.263 e. The van der Waals surface area contributed by atoms with Crippen LogP contribution in [0.2, 0.25) is 0 Å². The monoisotopic (exact) mass is 547 g/mol. The van der Waals surface area contributed by atoms with Crippen LogP contribution < -0.4 is 16.6 Å². The molecule has 0 saturated heterocycles. The average Bonchev–Trinajstić information content (AvgIpc) is 3.57. The molecule has 5 aromatic rings. The summed E-state index contributed by atoms with van der Waals surface area (Å²) in [5.41, 5.74) is 6.74. The number of aromatic nitrogens is 3. The Bertz CT molecular complexity index is 1740. The van der Waals surface area contributed by atoms with Crippen LogP contribution in [0.5, 0.6) is 0 Å². The molecule has 0 spiro atoms. The summed E-state index contributed by atoms with van der Waals surface area (Å²) >= 11 is 1.45. The molecule has 0 bridgehead atoms. The largest absolute Gasteiger partial charge is 0.370 e. The van der Waals surface area contributed by atoms with E-state index in [1.165, 1.54) is 40.3 Å². The van der Waals surface area contributed by atoms with Gasteiger partial charge in [0.2, 0.25) is 5.91 Å². The van der Waals surface area contributed by atoms with Crippen molar-refractivity contribution in [2.45, 2.75) is 25.4 Å². The van der Waals surface area contributed by atoms with Crippen LogP contribution in [-0.2, 0) is 11.3 Å². The molecule has 0 aliphatic carbocycles. The van der Waals surface area contributed by atoms with E-state index in [4.69, 9.17) is 5.73 Å². The van der Waals surface area contributed by atoms with Crippen molar-refractivity contribution >= 4 is 34.2 Å². The lowest BCUT2D eigenvalue weighted by molar-refractivity contribution is -0.118. The standard InChI is InChI=1S/C28H23F2N5O3S/c29-20-6-5-16(13-21(20)30)15-35-12-2-4-18(28(35)38)27(37)34-22(7-10-25(31)36)24-9-8-23(39-24)19-14-33-26-17(19)3-1-11-32-26/h1-6,8-9,11-14,22H,7,10,15H2,(H2,31,36)(H,32,33)(H,34,37)/t22-/m1/s1.